The Morgan fingerprint density at radius 1 is 0.892 bits per heavy atom. The first-order valence-corrected chi connectivity index (χ1v) is 12.5. The van der Waals surface area contributed by atoms with Crippen LogP contribution in [0.25, 0.3) is 0 Å². The minimum Gasteiger partial charge on any atom is -0.462 e. The number of nitrogens with zero attached hydrogens (tertiary/aromatic N) is 1. The van der Waals surface area contributed by atoms with Gasteiger partial charge in [-0.15, -0.1) is 0 Å². The molecule has 1 aliphatic carbocycles. The highest BCUT2D eigenvalue weighted by Gasteiger charge is 2.48. The largest absolute Gasteiger partial charge is 0.462 e. The average Bonchev–Trinajstić information content (AvgIpc) is 3.16. The van der Waals surface area contributed by atoms with Crippen molar-refractivity contribution < 1.29 is 33.4 Å². The first-order valence-electron chi connectivity index (χ1n) is 12.5. The van der Waals surface area contributed by atoms with Crippen LogP contribution in [0.4, 0.5) is 11.4 Å². The van der Waals surface area contributed by atoms with Gasteiger partial charge in [-0.2, -0.15) is 0 Å². The van der Waals surface area contributed by atoms with Crippen molar-refractivity contribution in [1.82, 2.24) is 0 Å². The summed E-state index contributed by atoms with van der Waals surface area (Å²) in [5.41, 5.74) is 1.25. The van der Waals surface area contributed by atoms with Gasteiger partial charge in [0.15, 0.2) is 6.61 Å². The van der Waals surface area contributed by atoms with E-state index in [1.54, 1.807) is 24.3 Å². The highest BCUT2D eigenvalue weighted by molar-refractivity contribution is 6.22. The molecule has 9 heteroatoms. The number of imide groups is 1. The number of benzene rings is 2. The van der Waals surface area contributed by atoms with Crippen LogP contribution in [0.5, 0.6) is 0 Å². The van der Waals surface area contributed by atoms with Crippen molar-refractivity contribution in [3.05, 3.63) is 59.7 Å². The maximum Gasteiger partial charge on any atom is 0.338 e. The van der Waals surface area contributed by atoms with Gasteiger partial charge in [0.2, 0.25) is 11.8 Å². The van der Waals surface area contributed by atoms with Crippen molar-refractivity contribution in [3.8, 4) is 0 Å². The van der Waals surface area contributed by atoms with Gasteiger partial charge in [0.25, 0.3) is 5.91 Å². The molecule has 37 heavy (non-hydrogen) atoms. The fourth-order valence-corrected chi connectivity index (χ4v) is 4.62. The lowest BCUT2D eigenvalue weighted by Crippen LogP contribution is -2.31. The summed E-state index contributed by atoms with van der Waals surface area (Å²) < 4.78 is 10.3. The maximum absolute atomic E-state index is 12.8. The van der Waals surface area contributed by atoms with E-state index in [0.717, 1.165) is 12.8 Å². The third kappa shape index (κ3) is 6.04. The molecule has 1 aliphatic heterocycles. The molecule has 1 N–H and O–H groups in total. The van der Waals surface area contributed by atoms with E-state index < -0.39 is 24.5 Å². The van der Waals surface area contributed by atoms with Gasteiger partial charge in [-0.25, -0.2) is 9.59 Å². The zero-order chi connectivity index (χ0) is 26.5. The molecule has 9 nitrogen and oxygen atoms in total. The van der Waals surface area contributed by atoms with Gasteiger partial charge in [0.1, 0.15) is 0 Å². The Bertz CT molecular complexity index is 1180. The summed E-state index contributed by atoms with van der Waals surface area (Å²) in [4.78, 5) is 63.7. The van der Waals surface area contributed by atoms with E-state index in [0.29, 0.717) is 36.4 Å². The highest BCUT2D eigenvalue weighted by atomic mass is 16.5. The zero-order valence-corrected chi connectivity index (χ0v) is 20.9. The second-order valence-electron chi connectivity index (χ2n) is 9.75. The molecule has 3 amide bonds. The number of amides is 3. The smallest absolute Gasteiger partial charge is 0.338 e. The Labute approximate surface area is 215 Å². The van der Waals surface area contributed by atoms with Crippen molar-refractivity contribution in [2.75, 3.05) is 23.4 Å². The van der Waals surface area contributed by atoms with Crippen molar-refractivity contribution in [2.24, 2.45) is 17.8 Å². The van der Waals surface area contributed by atoms with Crippen LogP contribution < -0.4 is 10.2 Å². The first kappa shape index (κ1) is 26.1. The number of nitrogens with one attached hydrogen (secondary N) is 1. The molecule has 0 unspecified atom stereocenters. The number of anilines is 2. The van der Waals surface area contributed by atoms with Crippen LogP contribution in [0.2, 0.25) is 0 Å². The topological polar surface area (TPSA) is 119 Å². The second kappa shape index (κ2) is 11.4. The summed E-state index contributed by atoms with van der Waals surface area (Å²) >= 11 is 0. The van der Waals surface area contributed by atoms with Gasteiger partial charge >= 0.3 is 11.9 Å². The van der Waals surface area contributed by atoms with E-state index in [-0.39, 0.29) is 35.1 Å². The third-order valence-electron chi connectivity index (χ3n) is 6.47. The molecule has 0 radical (unpaired) electrons. The highest BCUT2D eigenvalue weighted by Crippen LogP contribution is 2.40. The summed E-state index contributed by atoms with van der Waals surface area (Å²) in [6.45, 7) is 3.66. The van der Waals surface area contributed by atoms with E-state index >= 15 is 0 Å². The van der Waals surface area contributed by atoms with Crippen LogP contribution in [0.1, 0.15) is 60.2 Å². The van der Waals surface area contributed by atoms with E-state index in [2.05, 4.69) is 5.32 Å². The number of rotatable bonds is 8. The molecule has 0 bridgehead atoms. The zero-order valence-electron chi connectivity index (χ0n) is 20.9. The van der Waals surface area contributed by atoms with Gasteiger partial charge in [-0.1, -0.05) is 32.8 Å². The van der Waals surface area contributed by atoms with Crippen molar-refractivity contribution >= 4 is 41.0 Å². The minimum absolute atomic E-state index is 0.130. The summed E-state index contributed by atoms with van der Waals surface area (Å²) in [7, 11) is 0. The molecule has 1 heterocycles. The van der Waals surface area contributed by atoms with Crippen LogP contribution in [-0.2, 0) is 23.9 Å². The number of esters is 2. The van der Waals surface area contributed by atoms with E-state index in [1.807, 2.05) is 13.8 Å². The number of ether oxygens (including phenoxy) is 2. The quantitative estimate of drug-likeness (QED) is 0.425. The molecule has 0 aromatic heterocycles. The molecule has 2 fully saturated rings. The number of carbonyl (C=O) groups excluding carboxylic acids is 5. The Morgan fingerprint density at radius 3 is 2.14 bits per heavy atom. The Balaban J connectivity index is 1.31. The number of hydrogen-bond acceptors (Lipinski definition) is 7. The lowest BCUT2D eigenvalue weighted by molar-refractivity contribution is -0.122. The fourth-order valence-electron chi connectivity index (χ4n) is 4.62. The van der Waals surface area contributed by atoms with Crippen LogP contribution >= 0.6 is 0 Å². The maximum atomic E-state index is 12.8. The fraction of sp³-hybridized carbons (Fsp3) is 0.393. The lowest BCUT2D eigenvalue weighted by atomic mass is 9.81. The normalized spacial score (nSPS) is 18.9. The van der Waals surface area contributed by atoms with E-state index in [4.69, 9.17) is 9.47 Å². The van der Waals surface area contributed by atoms with Crippen LogP contribution in [0.15, 0.2) is 48.5 Å². The van der Waals surface area contributed by atoms with Crippen molar-refractivity contribution in [2.45, 2.75) is 39.5 Å². The van der Waals surface area contributed by atoms with Crippen LogP contribution in [0, 0.1) is 17.8 Å². The van der Waals surface area contributed by atoms with E-state index in [9.17, 15) is 24.0 Å². The minimum atomic E-state index is -0.753. The second-order valence-corrected chi connectivity index (χ2v) is 9.75. The molecule has 2 aliphatic rings. The molecular weight excluding hydrogens is 476 g/mol. The third-order valence-corrected chi connectivity index (χ3v) is 6.47. The van der Waals surface area contributed by atoms with Gasteiger partial charge in [-0.05, 0) is 61.2 Å². The average molecular weight is 507 g/mol. The molecule has 1 saturated heterocycles. The number of hydrogen-bond donors (Lipinski definition) is 1. The van der Waals surface area contributed by atoms with Crippen LogP contribution in [0.3, 0.4) is 0 Å². The molecular formula is C28H30N2O7. The van der Waals surface area contributed by atoms with Gasteiger partial charge in [-0.3, -0.25) is 19.3 Å². The summed E-state index contributed by atoms with van der Waals surface area (Å²) in [6, 6.07) is 12.3. The Hall–Kier alpha value is -4.01. The summed E-state index contributed by atoms with van der Waals surface area (Å²) in [5, 5.41) is 2.60. The van der Waals surface area contributed by atoms with E-state index in [1.165, 1.54) is 29.2 Å². The number of carbonyl (C=O) groups is 5. The SMILES string of the molecule is CC(C)COC(=O)c1ccc(NC(=O)COC(=O)c2cccc(N3C(=O)[C@@H]4CCCC[C@H]4C3=O)c2)cc1. The van der Waals surface area contributed by atoms with Gasteiger partial charge < -0.3 is 14.8 Å². The molecule has 0 spiro atoms. The predicted molar refractivity (Wildman–Crippen MR) is 135 cm³/mol. The molecule has 2 atom stereocenters. The lowest BCUT2D eigenvalue weighted by Gasteiger charge is -2.19. The monoisotopic (exact) mass is 506 g/mol. The van der Waals surface area contributed by atoms with Gasteiger partial charge in [0, 0.05) is 5.69 Å². The predicted octanol–water partition coefficient (Wildman–Crippen LogP) is 3.97. The molecule has 2 aromatic carbocycles. The Kier molecular flexibility index (Phi) is 8.01. The first-order chi connectivity index (χ1) is 17.7. The standard InChI is InChI=1S/C28H30N2O7/c1-17(2)15-36-27(34)18-10-12-20(13-11-18)29-24(31)16-37-28(35)19-6-5-7-21(14-19)30-25(32)22-8-3-4-9-23(22)26(30)33/h5-7,10-14,17,22-23H,3-4,8-9,15-16H2,1-2H3,(H,29,31)/t22-,23-/m1/s1. The van der Waals surface area contributed by atoms with Crippen molar-refractivity contribution in [1.29, 1.82) is 0 Å². The number of fused-ring (bicyclic) bond motifs is 1. The van der Waals surface area contributed by atoms with Crippen molar-refractivity contribution in [3.63, 3.8) is 0 Å². The molecule has 2 aromatic rings. The molecule has 4 rings (SSSR count). The van der Waals surface area contributed by atoms with Crippen LogP contribution in [-0.4, -0.2) is 42.9 Å². The summed E-state index contributed by atoms with van der Waals surface area (Å²) in [5.74, 6) is -2.57. The summed E-state index contributed by atoms with van der Waals surface area (Å²) in [6.07, 6.45) is 3.26. The Morgan fingerprint density at radius 2 is 1.51 bits per heavy atom. The van der Waals surface area contributed by atoms with Gasteiger partial charge in [0.05, 0.1) is 35.3 Å². The molecule has 1 saturated carbocycles. The molecule has 194 valence electrons.